The van der Waals surface area contributed by atoms with E-state index in [4.69, 9.17) is 4.74 Å². The van der Waals surface area contributed by atoms with Crippen LogP contribution in [-0.2, 0) is 9.53 Å². The Hall–Kier alpha value is -1.46. The van der Waals surface area contributed by atoms with Crippen molar-refractivity contribution in [2.24, 2.45) is 0 Å². The molecule has 2 saturated heterocycles. The minimum atomic E-state index is -0.279. The lowest BCUT2D eigenvalue weighted by atomic mass is 10.1. The van der Waals surface area contributed by atoms with Crippen molar-refractivity contribution in [3.63, 3.8) is 0 Å². The number of amides is 1. The Balaban J connectivity index is 1.83. The van der Waals surface area contributed by atoms with Gasteiger partial charge in [-0.2, -0.15) is 0 Å². The molecule has 2 heterocycles. The number of carbonyl (C=O) groups excluding carboxylic acids is 1. The molecule has 5 heteroatoms. The number of rotatable bonds is 4. The predicted molar refractivity (Wildman–Crippen MR) is 77.0 cm³/mol. The van der Waals surface area contributed by atoms with Crippen LogP contribution in [0.1, 0.15) is 37.9 Å². The first kappa shape index (κ1) is 14.5. The van der Waals surface area contributed by atoms with Crippen LogP contribution in [0.5, 0.6) is 0 Å². The largest absolute Gasteiger partial charge is 0.376 e. The average molecular weight is 292 g/mol. The molecule has 114 valence electrons. The summed E-state index contributed by atoms with van der Waals surface area (Å²) in [6, 6.07) is 6.25. The van der Waals surface area contributed by atoms with Gasteiger partial charge in [0.05, 0.1) is 12.1 Å². The number of carbonyl (C=O) groups is 1. The minimum Gasteiger partial charge on any atom is -0.376 e. The first-order valence-electron chi connectivity index (χ1n) is 7.62. The van der Waals surface area contributed by atoms with E-state index in [1.165, 1.54) is 12.1 Å². The Morgan fingerprint density at radius 1 is 1.48 bits per heavy atom. The van der Waals surface area contributed by atoms with E-state index in [0.717, 1.165) is 31.4 Å². The Morgan fingerprint density at radius 2 is 2.33 bits per heavy atom. The third kappa shape index (κ3) is 2.94. The van der Waals surface area contributed by atoms with Crippen molar-refractivity contribution < 1.29 is 13.9 Å². The van der Waals surface area contributed by atoms with Gasteiger partial charge < -0.3 is 9.64 Å². The lowest BCUT2D eigenvalue weighted by molar-refractivity contribution is -0.131. The summed E-state index contributed by atoms with van der Waals surface area (Å²) in [6.45, 7) is 3.32. The SMILES string of the molecule is CCC1NC(c2cccc(F)c2)N(CC2CCCO2)C1=O. The van der Waals surface area contributed by atoms with Gasteiger partial charge in [-0.1, -0.05) is 19.1 Å². The molecular weight excluding hydrogens is 271 g/mol. The average Bonchev–Trinajstić information content (AvgIpc) is 3.09. The van der Waals surface area contributed by atoms with Gasteiger partial charge in [-0.15, -0.1) is 0 Å². The van der Waals surface area contributed by atoms with Gasteiger partial charge in [0, 0.05) is 13.2 Å². The normalized spacial score (nSPS) is 29.3. The zero-order chi connectivity index (χ0) is 14.8. The molecule has 1 aromatic rings. The molecular formula is C16H21FN2O2. The van der Waals surface area contributed by atoms with Gasteiger partial charge in [-0.25, -0.2) is 4.39 Å². The maximum atomic E-state index is 13.5. The molecule has 0 radical (unpaired) electrons. The monoisotopic (exact) mass is 292 g/mol. The summed E-state index contributed by atoms with van der Waals surface area (Å²) < 4.78 is 19.1. The van der Waals surface area contributed by atoms with E-state index in [1.54, 1.807) is 11.0 Å². The van der Waals surface area contributed by atoms with E-state index in [-0.39, 0.29) is 30.0 Å². The van der Waals surface area contributed by atoms with E-state index in [0.29, 0.717) is 6.54 Å². The van der Waals surface area contributed by atoms with E-state index < -0.39 is 0 Å². The third-order valence-corrected chi connectivity index (χ3v) is 4.25. The van der Waals surface area contributed by atoms with Crippen molar-refractivity contribution in [1.29, 1.82) is 0 Å². The molecule has 3 rings (SSSR count). The van der Waals surface area contributed by atoms with E-state index >= 15 is 0 Å². The van der Waals surface area contributed by atoms with E-state index in [1.807, 2.05) is 13.0 Å². The number of ether oxygens (including phenoxy) is 1. The number of hydrogen-bond acceptors (Lipinski definition) is 3. The van der Waals surface area contributed by atoms with Crippen LogP contribution < -0.4 is 5.32 Å². The Kier molecular flexibility index (Phi) is 4.22. The van der Waals surface area contributed by atoms with Crippen LogP contribution >= 0.6 is 0 Å². The fourth-order valence-electron chi connectivity index (χ4n) is 3.13. The molecule has 4 nitrogen and oxygen atoms in total. The Bertz CT molecular complexity index is 517. The van der Waals surface area contributed by atoms with Gasteiger partial charge >= 0.3 is 0 Å². The summed E-state index contributed by atoms with van der Waals surface area (Å²) in [7, 11) is 0. The zero-order valence-corrected chi connectivity index (χ0v) is 12.2. The lowest BCUT2D eigenvalue weighted by Gasteiger charge is -2.27. The number of nitrogens with zero attached hydrogens (tertiary/aromatic N) is 1. The van der Waals surface area contributed by atoms with Gasteiger partial charge in [0.25, 0.3) is 0 Å². The third-order valence-electron chi connectivity index (χ3n) is 4.25. The highest BCUT2D eigenvalue weighted by Gasteiger charge is 2.40. The van der Waals surface area contributed by atoms with Crippen molar-refractivity contribution >= 4 is 5.91 Å². The number of benzene rings is 1. The molecule has 0 bridgehead atoms. The summed E-state index contributed by atoms with van der Waals surface area (Å²) in [6.07, 6.45) is 2.59. The summed E-state index contributed by atoms with van der Waals surface area (Å²) in [5.74, 6) is -0.193. The Labute approximate surface area is 124 Å². The number of halogens is 1. The first-order chi connectivity index (χ1) is 10.2. The fourth-order valence-corrected chi connectivity index (χ4v) is 3.13. The molecule has 1 amide bonds. The summed E-state index contributed by atoms with van der Waals surface area (Å²) in [4.78, 5) is 14.3. The van der Waals surface area contributed by atoms with Crippen LogP contribution in [0.25, 0.3) is 0 Å². The Morgan fingerprint density at radius 3 is 3.00 bits per heavy atom. The smallest absolute Gasteiger partial charge is 0.241 e. The van der Waals surface area contributed by atoms with Crippen molar-refractivity contribution in [1.82, 2.24) is 10.2 Å². The highest BCUT2D eigenvalue weighted by Crippen LogP contribution is 2.28. The molecule has 2 aliphatic heterocycles. The van der Waals surface area contributed by atoms with Crippen molar-refractivity contribution in [2.45, 2.75) is 44.5 Å². The molecule has 1 N–H and O–H groups in total. The molecule has 0 aromatic heterocycles. The highest BCUT2D eigenvalue weighted by atomic mass is 19.1. The van der Waals surface area contributed by atoms with Crippen LogP contribution in [-0.4, -0.2) is 36.1 Å². The molecule has 3 unspecified atom stereocenters. The second kappa shape index (κ2) is 6.12. The van der Waals surface area contributed by atoms with Crippen LogP contribution in [0.2, 0.25) is 0 Å². The molecule has 0 aliphatic carbocycles. The summed E-state index contributed by atoms with van der Waals surface area (Å²) >= 11 is 0. The van der Waals surface area contributed by atoms with Crippen LogP contribution in [0.4, 0.5) is 4.39 Å². The quantitative estimate of drug-likeness (QED) is 0.925. The number of hydrogen-bond donors (Lipinski definition) is 1. The van der Waals surface area contributed by atoms with Gasteiger partial charge in [0.1, 0.15) is 12.0 Å². The molecule has 21 heavy (non-hydrogen) atoms. The zero-order valence-electron chi connectivity index (χ0n) is 12.2. The van der Waals surface area contributed by atoms with Crippen molar-refractivity contribution in [2.75, 3.05) is 13.2 Å². The highest BCUT2D eigenvalue weighted by molar-refractivity contribution is 5.84. The van der Waals surface area contributed by atoms with Gasteiger partial charge in [0.15, 0.2) is 0 Å². The molecule has 0 spiro atoms. The predicted octanol–water partition coefficient (Wildman–Crippen LogP) is 2.21. The molecule has 2 fully saturated rings. The molecule has 1 aromatic carbocycles. The standard InChI is InChI=1S/C16H21FN2O2/c1-2-14-16(20)19(10-13-7-4-8-21-13)15(18-14)11-5-3-6-12(17)9-11/h3,5-6,9,13-15,18H,2,4,7-8,10H2,1H3. The summed E-state index contributed by atoms with van der Waals surface area (Å²) in [5, 5.41) is 3.31. The summed E-state index contributed by atoms with van der Waals surface area (Å²) in [5.41, 5.74) is 0.789. The van der Waals surface area contributed by atoms with Gasteiger partial charge in [-0.05, 0) is 37.0 Å². The van der Waals surface area contributed by atoms with Gasteiger partial charge in [-0.3, -0.25) is 10.1 Å². The topological polar surface area (TPSA) is 41.6 Å². The van der Waals surface area contributed by atoms with Crippen LogP contribution in [0, 0.1) is 5.82 Å². The molecule has 3 atom stereocenters. The second-order valence-corrected chi connectivity index (χ2v) is 5.71. The van der Waals surface area contributed by atoms with Crippen LogP contribution in [0.15, 0.2) is 24.3 Å². The maximum absolute atomic E-state index is 13.5. The first-order valence-corrected chi connectivity index (χ1v) is 7.62. The van der Waals surface area contributed by atoms with Crippen LogP contribution in [0.3, 0.4) is 0 Å². The minimum absolute atomic E-state index is 0.0854. The van der Waals surface area contributed by atoms with Crippen molar-refractivity contribution in [3.05, 3.63) is 35.6 Å². The fraction of sp³-hybridized carbons (Fsp3) is 0.562. The molecule has 0 saturated carbocycles. The number of nitrogens with one attached hydrogen (secondary N) is 1. The van der Waals surface area contributed by atoms with Crippen molar-refractivity contribution in [3.8, 4) is 0 Å². The lowest BCUT2D eigenvalue weighted by Crippen LogP contribution is -2.37. The van der Waals surface area contributed by atoms with Gasteiger partial charge in [0.2, 0.25) is 5.91 Å². The van der Waals surface area contributed by atoms with E-state index in [9.17, 15) is 9.18 Å². The maximum Gasteiger partial charge on any atom is 0.241 e. The molecule has 2 aliphatic rings. The van der Waals surface area contributed by atoms with E-state index in [2.05, 4.69) is 5.32 Å². The second-order valence-electron chi connectivity index (χ2n) is 5.71.